The van der Waals surface area contributed by atoms with Crippen molar-refractivity contribution in [3.63, 3.8) is 0 Å². The van der Waals surface area contributed by atoms with E-state index in [4.69, 9.17) is 19.3 Å². The fraction of sp³-hybridized carbons (Fsp3) is 0.296. The first-order valence-electron chi connectivity index (χ1n) is 11.9. The molecule has 4 rings (SSSR count). The number of hydrogen-bond acceptors (Lipinski definition) is 8. The number of methoxy groups -OCH3 is 1. The van der Waals surface area contributed by atoms with Gasteiger partial charge in [0.05, 0.1) is 12.7 Å². The molecule has 0 radical (unpaired) electrons. The lowest BCUT2D eigenvalue weighted by atomic mass is 9.95. The molecule has 2 aromatic carbocycles. The third kappa shape index (κ3) is 6.19. The van der Waals surface area contributed by atoms with E-state index in [0.29, 0.717) is 40.5 Å². The summed E-state index contributed by atoms with van der Waals surface area (Å²) in [5, 5.41) is 8.58. The van der Waals surface area contributed by atoms with Crippen LogP contribution in [0.25, 0.3) is 0 Å². The number of fused-ring (bicyclic) bond motifs is 1. The van der Waals surface area contributed by atoms with E-state index in [1.165, 1.54) is 0 Å². The molecule has 1 N–H and O–H groups in total. The van der Waals surface area contributed by atoms with Crippen molar-refractivity contribution in [1.29, 1.82) is 0 Å². The minimum absolute atomic E-state index is 0.107. The first-order chi connectivity index (χ1) is 17.9. The van der Waals surface area contributed by atoms with Gasteiger partial charge < -0.3 is 19.5 Å². The summed E-state index contributed by atoms with van der Waals surface area (Å²) in [7, 11) is 1.59. The number of anilines is 1. The number of nitrogens with zero attached hydrogens (tertiary/aromatic N) is 3. The maximum atomic E-state index is 13.2. The zero-order valence-corrected chi connectivity index (χ0v) is 23.4. The molecule has 1 aliphatic rings. The second-order valence-electron chi connectivity index (χ2n) is 8.29. The predicted molar refractivity (Wildman–Crippen MR) is 148 cm³/mol. The summed E-state index contributed by atoms with van der Waals surface area (Å²) in [5.41, 5.74) is 2.90. The largest absolute Gasteiger partial charge is 0.493 e. The highest BCUT2D eigenvalue weighted by Crippen LogP contribution is 2.40. The van der Waals surface area contributed by atoms with E-state index < -0.39 is 12.0 Å². The van der Waals surface area contributed by atoms with Gasteiger partial charge in [-0.3, -0.25) is 0 Å². The summed E-state index contributed by atoms with van der Waals surface area (Å²) in [5.74, 6) is 2.15. The van der Waals surface area contributed by atoms with E-state index in [1.54, 1.807) is 29.6 Å². The molecule has 37 heavy (non-hydrogen) atoms. The number of carbonyl (C=O) groups is 1. The maximum absolute atomic E-state index is 13.2. The van der Waals surface area contributed by atoms with Crippen LogP contribution in [0.15, 0.2) is 76.0 Å². The Kier molecular flexibility index (Phi) is 8.94. The normalized spacial score (nSPS) is 14.5. The monoisotopic (exact) mass is 584 g/mol. The predicted octanol–water partition coefficient (Wildman–Crippen LogP) is 6.15. The molecule has 10 heteroatoms. The van der Waals surface area contributed by atoms with Gasteiger partial charge in [0.25, 0.3) is 0 Å². The highest BCUT2D eigenvalue weighted by atomic mass is 79.9. The highest BCUT2D eigenvalue weighted by molar-refractivity contribution is 9.10. The van der Waals surface area contributed by atoms with Crippen molar-refractivity contribution in [2.45, 2.75) is 38.1 Å². The van der Waals surface area contributed by atoms with Crippen LogP contribution in [0.2, 0.25) is 0 Å². The van der Waals surface area contributed by atoms with Gasteiger partial charge in [0.1, 0.15) is 19.3 Å². The number of benzene rings is 2. The number of halogens is 1. The van der Waals surface area contributed by atoms with Crippen LogP contribution in [0.1, 0.15) is 37.4 Å². The number of thioether (sulfide) groups is 1. The van der Waals surface area contributed by atoms with Crippen LogP contribution in [0.3, 0.4) is 0 Å². The zero-order chi connectivity index (χ0) is 26.4. The van der Waals surface area contributed by atoms with Crippen molar-refractivity contribution in [1.82, 2.24) is 14.8 Å². The molecule has 194 valence electrons. The molecule has 0 bridgehead atoms. The van der Waals surface area contributed by atoms with Gasteiger partial charge in [0.2, 0.25) is 11.1 Å². The zero-order valence-electron chi connectivity index (χ0n) is 21.0. The second-order valence-corrected chi connectivity index (χ2v) is 10.3. The molecule has 1 unspecified atom stereocenters. The number of allylic oxidation sites excluding steroid dienone is 1. The molecule has 0 saturated carbocycles. The van der Waals surface area contributed by atoms with Gasteiger partial charge in [0.15, 0.2) is 11.5 Å². The minimum atomic E-state index is -0.565. The second kappa shape index (κ2) is 12.3. The van der Waals surface area contributed by atoms with Crippen LogP contribution < -0.4 is 14.8 Å². The van der Waals surface area contributed by atoms with E-state index in [1.807, 2.05) is 49.4 Å². The molecule has 1 aliphatic heterocycles. The van der Waals surface area contributed by atoms with Gasteiger partial charge in [-0.05, 0) is 48.7 Å². The maximum Gasteiger partial charge on any atom is 0.338 e. The Morgan fingerprint density at radius 1 is 1.27 bits per heavy atom. The standard InChI is InChI=1S/C27H29BrN4O4S/c1-5-12-35-25(33)23-17(3)29-26-30-27(37-13-6-2)31-32(26)24(23)19-10-11-21(22(15-19)34-4)36-16-18-8-7-9-20(28)14-18/h5,7-11,14-15,24H,1,6,12-13,16H2,2-4H3,(H,29,30,31). The molecule has 0 fully saturated rings. The Hall–Kier alpha value is -3.24. The molecule has 0 spiro atoms. The van der Waals surface area contributed by atoms with Crippen LogP contribution >= 0.6 is 27.7 Å². The van der Waals surface area contributed by atoms with Crippen molar-refractivity contribution < 1.29 is 19.0 Å². The first kappa shape index (κ1) is 26.8. The lowest BCUT2D eigenvalue weighted by Gasteiger charge is -2.28. The number of nitrogens with one attached hydrogen (secondary N) is 1. The molecule has 0 aliphatic carbocycles. The Bertz CT molecular complexity index is 1320. The number of aromatic nitrogens is 3. The topological polar surface area (TPSA) is 87.5 Å². The molecule has 8 nitrogen and oxygen atoms in total. The Morgan fingerprint density at radius 2 is 2.11 bits per heavy atom. The number of hydrogen-bond donors (Lipinski definition) is 1. The average Bonchev–Trinajstić information content (AvgIpc) is 3.30. The highest BCUT2D eigenvalue weighted by Gasteiger charge is 2.35. The van der Waals surface area contributed by atoms with Crippen LogP contribution in [0, 0.1) is 0 Å². The Labute approximate surface area is 229 Å². The number of rotatable bonds is 11. The smallest absolute Gasteiger partial charge is 0.338 e. The third-order valence-corrected chi connectivity index (χ3v) is 7.14. The van der Waals surface area contributed by atoms with Crippen molar-refractivity contribution in [3.8, 4) is 11.5 Å². The lowest BCUT2D eigenvalue weighted by Crippen LogP contribution is -2.29. The van der Waals surface area contributed by atoms with Crippen LogP contribution in [-0.2, 0) is 16.1 Å². The summed E-state index contributed by atoms with van der Waals surface area (Å²) in [4.78, 5) is 17.8. The summed E-state index contributed by atoms with van der Waals surface area (Å²) < 4.78 is 19.9. The number of ether oxygens (including phenoxy) is 3. The third-order valence-electron chi connectivity index (χ3n) is 5.61. The Morgan fingerprint density at radius 3 is 2.84 bits per heavy atom. The minimum Gasteiger partial charge on any atom is -0.493 e. The molecule has 1 atom stereocenters. The Balaban J connectivity index is 1.70. The summed E-state index contributed by atoms with van der Waals surface area (Å²) >= 11 is 5.06. The summed E-state index contributed by atoms with van der Waals surface area (Å²) in [6, 6.07) is 13.0. The van der Waals surface area contributed by atoms with E-state index in [9.17, 15) is 4.79 Å². The first-order valence-corrected chi connectivity index (χ1v) is 13.6. The molecule has 0 saturated heterocycles. The number of esters is 1. The van der Waals surface area contributed by atoms with Crippen molar-refractivity contribution in [2.75, 3.05) is 24.8 Å². The summed E-state index contributed by atoms with van der Waals surface area (Å²) in [6.07, 6.45) is 2.54. The van der Waals surface area contributed by atoms with E-state index in [2.05, 4.69) is 39.7 Å². The SMILES string of the molecule is C=CCOC(=O)C1=C(C)Nc2nc(SCCC)nn2C1c1ccc(OCc2cccc(Br)c2)c(OC)c1. The van der Waals surface area contributed by atoms with Gasteiger partial charge in [-0.25, -0.2) is 9.48 Å². The molecule has 3 aromatic rings. The summed E-state index contributed by atoms with van der Waals surface area (Å²) in [6.45, 7) is 8.08. The molecular formula is C27H29BrN4O4S. The van der Waals surface area contributed by atoms with E-state index in [-0.39, 0.29) is 6.61 Å². The van der Waals surface area contributed by atoms with Gasteiger partial charge in [0, 0.05) is 15.9 Å². The van der Waals surface area contributed by atoms with Gasteiger partial charge in [-0.2, -0.15) is 4.98 Å². The fourth-order valence-corrected chi connectivity index (χ4v) is 5.06. The fourth-order valence-electron chi connectivity index (χ4n) is 3.93. The van der Waals surface area contributed by atoms with Crippen LogP contribution in [0.5, 0.6) is 11.5 Å². The number of carbonyl (C=O) groups excluding carboxylic acids is 1. The van der Waals surface area contributed by atoms with Crippen molar-refractivity contribution in [2.24, 2.45) is 0 Å². The van der Waals surface area contributed by atoms with Crippen LogP contribution in [-0.4, -0.2) is 40.2 Å². The lowest BCUT2D eigenvalue weighted by molar-refractivity contribution is -0.138. The van der Waals surface area contributed by atoms with Gasteiger partial charge in [-0.15, -0.1) is 5.10 Å². The molecule has 0 amide bonds. The van der Waals surface area contributed by atoms with Gasteiger partial charge in [-0.1, -0.05) is 65.5 Å². The van der Waals surface area contributed by atoms with Crippen molar-refractivity contribution >= 4 is 39.6 Å². The quantitative estimate of drug-likeness (QED) is 0.163. The average molecular weight is 586 g/mol. The van der Waals surface area contributed by atoms with E-state index in [0.717, 1.165) is 27.8 Å². The van der Waals surface area contributed by atoms with Crippen molar-refractivity contribution in [3.05, 3.63) is 82.0 Å². The van der Waals surface area contributed by atoms with Crippen LogP contribution in [0.4, 0.5) is 5.95 Å². The van der Waals surface area contributed by atoms with E-state index >= 15 is 0 Å². The van der Waals surface area contributed by atoms with Gasteiger partial charge >= 0.3 is 5.97 Å². The molecule has 2 heterocycles. The molecule has 1 aromatic heterocycles. The molecular weight excluding hydrogens is 556 g/mol.